The van der Waals surface area contributed by atoms with Crippen LogP contribution >= 0.6 is 11.6 Å². The van der Waals surface area contributed by atoms with Gasteiger partial charge < -0.3 is 10.2 Å². The third-order valence-electron chi connectivity index (χ3n) is 5.16. The molecule has 0 unspecified atom stereocenters. The van der Waals surface area contributed by atoms with Crippen LogP contribution in [-0.2, 0) is 10.0 Å². The molecule has 1 aliphatic heterocycles. The van der Waals surface area contributed by atoms with Gasteiger partial charge in [-0.3, -0.25) is 0 Å². The summed E-state index contributed by atoms with van der Waals surface area (Å²) in [6.45, 7) is 5.61. The van der Waals surface area contributed by atoms with E-state index in [0.717, 1.165) is 11.1 Å². The molecule has 0 atom stereocenters. The molecular weight excluding hydrogens is 436 g/mol. The lowest BCUT2D eigenvalue weighted by atomic mass is 10.2. The summed E-state index contributed by atoms with van der Waals surface area (Å²) in [6, 6.07) is 12.4. The number of anilines is 3. The van der Waals surface area contributed by atoms with Gasteiger partial charge in [-0.15, -0.1) is 10.2 Å². The van der Waals surface area contributed by atoms with Crippen molar-refractivity contribution < 1.29 is 8.42 Å². The predicted octanol–water partition coefficient (Wildman–Crippen LogP) is 3.40. The second-order valence-corrected chi connectivity index (χ2v) is 9.77. The summed E-state index contributed by atoms with van der Waals surface area (Å²) in [6.07, 6.45) is 1.78. The Morgan fingerprint density at radius 3 is 2.29 bits per heavy atom. The van der Waals surface area contributed by atoms with Crippen molar-refractivity contribution in [1.29, 1.82) is 0 Å². The van der Waals surface area contributed by atoms with Crippen LogP contribution < -0.4 is 10.2 Å². The Morgan fingerprint density at radius 1 is 0.935 bits per heavy atom. The number of nitrogens with zero attached hydrogens (tertiary/aromatic N) is 5. The fourth-order valence-electron chi connectivity index (χ4n) is 3.27. The summed E-state index contributed by atoms with van der Waals surface area (Å²) in [7, 11) is -3.58. The van der Waals surface area contributed by atoms with Gasteiger partial charge >= 0.3 is 0 Å². The maximum Gasteiger partial charge on any atom is 0.243 e. The molecule has 0 amide bonds. The molecule has 0 radical (unpaired) electrons. The minimum absolute atomic E-state index is 0.219. The van der Waals surface area contributed by atoms with Crippen molar-refractivity contribution in [3.05, 3.63) is 64.8 Å². The van der Waals surface area contributed by atoms with Crippen molar-refractivity contribution >= 4 is 39.1 Å². The number of nitrogens with one attached hydrogen (secondary N) is 1. The first-order chi connectivity index (χ1) is 14.8. The van der Waals surface area contributed by atoms with E-state index in [1.165, 1.54) is 10.4 Å². The Morgan fingerprint density at radius 2 is 1.68 bits per heavy atom. The van der Waals surface area contributed by atoms with Crippen molar-refractivity contribution in [3.63, 3.8) is 0 Å². The van der Waals surface area contributed by atoms with E-state index >= 15 is 0 Å². The molecule has 0 spiro atoms. The SMILES string of the molecule is Cc1ccc(Nc2ccc(N3CCN(S(=O)(=O)c4ccc(C)c(Cl)c4)CC3)nn2)nc1. The molecule has 0 bridgehead atoms. The van der Waals surface area contributed by atoms with E-state index in [1.807, 2.05) is 43.0 Å². The first-order valence-corrected chi connectivity index (χ1v) is 11.7. The summed E-state index contributed by atoms with van der Waals surface area (Å²) in [5.41, 5.74) is 1.93. The lowest BCUT2D eigenvalue weighted by molar-refractivity contribution is 0.383. The lowest BCUT2D eigenvalue weighted by Gasteiger charge is -2.34. The van der Waals surface area contributed by atoms with Gasteiger partial charge in [-0.25, -0.2) is 13.4 Å². The summed E-state index contributed by atoms with van der Waals surface area (Å²) in [4.78, 5) is 6.53. The molecule has 31 heavy (non-hydrogen) atoms. The highest BCUT2D eigenvalue weighted by Crippen LogP contribution is 2.24. The molecule has 1 N–H and O–H groups in total. The number of aromatic nitrogens is 3. The zero-order valence-electron chi connectivity index (χ0n) is 17.3. The van der Waals surface area contributed by atoms with Crippen LogP contribution in [-0.4, -0.2) is 54.1 Å². The van der Waals surface area contributed by atoms with Crippen LogP contribution in [0.1, 0.15) is 11.1 Å². The molecule has 2 aromatic heterocycles. The number of hydrogen-bond donors (Lipinski definition) is 1. The second-order valence-electron chi connectivity index (χ2n) is 7.42. The summed E-state index contributed by atoms with van der Waals surface area (Å²) >= 11 is 6.12. The van der Waals surface area contributed by atoms with Crippen LogP contribution in [0, 0.1) is 13.8 Å². The Bertz CT molecular complexity index is 1160. The van der Waals surface area contributed by atoms with E-state index < -0.39 is 10.0 Å². The highest BCUT2D eigenvalue weighted by molar-refractivity contribution is 7.89. The smallest absolute Gasteiger partial charge is 0.243 e. The first-order valence-electron chi connectivity index (χ1n) is 9.87. The highest BCUT2D eigenvalue weighted by Gasteiger charge is 2.29. The molecule has 1 fully saturated rings. The normalized spacial score (nSPS) is 15.1. The molecule has 4 rings (SSSR count). The molecular formula is C21H23ClN6O2S. The molecule has 3 aromatic rings. The Balaban J connectivity index is 1.39. The van der Waals surface area contributed by atoms with Gasteiger partial charge in [0.05, 0.1) is 4.90 Å². The van der Waals surface area contributed by atoms with Crippen molar-refractivity contribution in [2.75, 3.05) is 36.4 Å². The number of halogens is 1. The number of rotatable bonds is 5. The summed E-state index contributed by atoms with van der Waals surface area (Å²) in [5.74, 6) is 2.00. The zero-order chi connectivity index (χ0) is 22.0. The van der Waals surface area contributed by atoms with Crippen molar-refractivity contribution in [1.82, 2.24) is 19.5 Å². The van der Waals surface area contributed by atoms with Crippen molar-refractivity contribution in [2.24, 2.45) is 0 Å². The fraction of sp³-hybridized carbons (Fsp3) is 0.286. The van der Waals surface area contributed by atoms with Crippen LogP contribution in [0.5, 0.6) is 0 Å². The average molecular weight is 459 g/mol. The standard InChI is InChI=1S/C21H23ClN6O2S/c1-15-3-6-19(23-14-15)24-20-7-8-21(26-25-20)27-9-11-28(12-10-27)31(29,30)17-5-4-16(2)18(22)13-17/h3-8,13-14H,9-12H2,1-2H3,(H,23,24,25). The summed E-state index contributed by atoms with van der Waals surface area (Å²) < 4.78 is 27.4. The molecule has 8 nitrogen and oxygen atoms in total. The van der Waals surface area contributed by atoms with Gasteiger partial charge in [-0.2, -0.15) is 4.31 Å². The Kier molecular flexibility index (Phi) is 6.08. The predicted molar refractivity (Wildman–Crippen MR) is 121 cm³/mol. The molecule has 0 aliphatic carbocycles. The van der Waals surface area contributed by atoms with Crippen LogP contribution in [0.4, 0.5) is 17.5 Å². The third-order valence-corrected chi connectivity index (χ3v) is 7.46. The monoisotopic (exact) mass is 458 g/mol. The average Bonchev–Trinajstić information content (AvgIpc) is 2.78. The molecule has 1 saturated heterocycles. The number of hydrogen-bond acceptors (Lipinski definition) is 7. The highest BCUT2D eigenvalue weighted by atomic mass is 35.5. The molecule has 1 aliphatic rings. The third kappa shape index (κ3) is 4.79. The Hall–Kier alpha value is -2.75. The molecule has 1 aromatic carbocycles. The Labute approximate surface area is 186 Å². The van der Waals surface area contributed by atoms with Gasteiger partial charge in [-0.1, -0.05) is 23.7 Å². The quantitative estimate of drug-likeness (QED) is 0.626. The van der Waals surface area contributed by atoms with Crippen molar-refractivity contribution in [2.45, 2.75) is 18.7 Å². The van der Waals surface area contributed by atoms with Gasteiger partial charge in [0.25, 0.3) is 0 Å². The van der Waals surface area contributed by atoms with E-state index in [2.05, 4.69) is 20.5 Å². The van der Waals surface area contributed by atoms with Crippen LogP contribution in [0.2, 0.25) is 5.02 Å². The zero-order valence-corrected chi connectivity index (χ0v) is 18.9. The number of piperazine rings is 1. The van der Waals surface area contributed by atoms with E-state index in [4.69, 9.17) is 11.6 Å². The van der Waals surface area contributed by atoms with Gasteiger partial charge in [0, 0.05) is 37.4 Å². The minimum atomic E-state index is -3.58. The van der Waals surface area contributed by atoms with E-state index in [-0.39, 0.29) is 4.90 Å². The maximum absolute atomic E-state index is 12.9. The van der Waals surface area contributed by atoms with Gasteiger partial charge in [0.2, 0.25) is 10.0 Å². The van der Waals surface area contributed by atoms with Crippen molar-refractivity contribution in [3.8, 4) is 0 Å². The fourth-order valence-corrected chi connectivity index (χ4v) is 4.97. The van der Waals surface area contributed by atoms with E-state index in [9.17, 15) is 8.42 Å². The maximum atomic E-state index is 12.9. The van der Waals surface area contributed by atoms with Crippen LogP contribution in [0.25, 0.3) is 0 Å². The van der Waals surface area contributed by atoms with Gasteiger partial charge in [0.1, 0.15) is 5.82 Å². The van der Waals surface area contributed by atoms with Crippen LogP contribution in [0.3, 0.4) is 0 Å². The molecule has 3 heterocycles. The molecule has 162 valence electrons. The van der Waals surface area contributed by atoms with Gasteiger partial charge in [0.15, 0.2) is 11.6 Å². The first kappa shape index (κ1) is 21.5. The number of sulfonamides is 1. The second kappa shape index (κ2) is 8.78. The van der Waals surface area contributed by atoms with E-state index in [0.29, 0.717) is 48.7 Å². The number of pyridine rings is 1. The number of aryl methyl sites for hydroxylation is 2. The van der Waals surface area contributed by atoms with Crippen LogP contribution in [0.15, 0.2) is 53.6 Å². The molecule has 10 heteroatoms. The largest absolute Gasteiger partial charge is 0.352 e. The minimum Gasteiger partial charge on any atom is -0.352 e. The van der Waals surface area contributed by atoms with Gasteiger partial charge in [-0.05, 0) is 55.3 Å². The molecule has 0 saturated carbocycles. The topological polar surface area (TPSA) is 91.3 Å². The number of benzene rings is 1. The van der Waals surface area contributed by atoms with E-state index in [1.54, 1.807) is 18.3 Å². The summed E-state index contributed by atoms with van der Waals surface area (Å²) in [5, 5.41) is 12.1. The lowest BCUT2D eigenvalue weighted by Crippen LogP contribution is -2.49.